The standard InChI is InChI=1S/C15H12N2OS/c1-10-17(11-5-7-16-8-6-11)12-9-19-14-4-2-3-13(18-10)15(12)14/h2-10H,1H3. The highest BCUT2D eigenvalue weighted by Gasteiger charge is 2.27. The van der Waals surface area contributed by atoms with Gasteiger partial charge < -0.3 is 9.64 Å². The largest absolute Gasteiger partial charge is 0.470 e. The van der Waals surface area contributed by atoms with Crippen molar-refractivity contribution in [2.45, 2.75) is 13.2 Å². The molecule has 2 aromatic heterocycles. The van der Waals surface area contributed by atoms with E-state index in [4.69, 9.17) is 4.74 Å². The van der Waals surface area contributed by atoms with Gasteiger partial charge in [0, 0.05) is 28.2 Å². The van der Waals surface area contributed by atoms with Gasteiger partial charge in [-0.3, -0.25) is 4.98 Å². The maximum absolute atomic E-state index is 6.04. The summed E-state index contributed by atoms with van der Waals surface area (Å²) in [5.41, 5.74) is 2.33. The Morgan fingerprint density at radius 3 is 2.89 bits per heavy atom. The molecule has 4 rings (SSSR count). The van der Waals surface area contributed by atoms with Crippen molar-refractivity contribution < 1.29 is 4.74 Å². The Hall–Kier alpha value is -2.07. The Bertz CT molecular complexity index is 738. The number of aromatic nitrogens is 1. The Morgan fingerprint density at radius 2 is 2.05 bits per heavy atom. The molecular formula is C15H12N2OS. The zero-order chi connectivity index (χ0) is 12.8. The number of hydrogen-bond acceptors (Lipinski definition) is 4. The van der Waals surface area contributed by atoms with Crippen molar-refractivity contribution >= 4 is 32.8 Å². The number of benzene rings is 1. The molecule has 0 bridgehead atoms. The van der Waals surface area contributed by atoms with Crippen LogP contribution in [0, 0.1) is 0 Å². The zero-order valence-electron chi connectivity index (χ0n) is 10.4. The number of anilines is 2. The van der Waals surface area contributed by atoms with E-state index in [0.29, 0.717) is 0 Å². The number of thiophene rings is 1. The molecule has 0 fully saturated rings. The molecule has 0 radical (unpaired) electrons. The SMILES string of the molecule is CC1Oc2cccc3scc(c23)N1c1ccncc1. The normalized spacial score (nSPS) is 17.5. The first-order valence-corrected chi connectivity index (χ1v) is 7.09. The minimum absolute atomic E-state index is 0.0184. The molecule has 94 valence electrons. The molecule has 19 heavy (non-hydrogen) atoms. The molecule has 0 saturated heterocycles. The second-order valence-electron chi connectivity index (χ2n) is 4.54. The maximum atomic E-state index is 6.04. The van der Waals surface area contributed by atoms with Crippen molar-refractivity contribution in [3.63, 3.8) is 0 Å². The van der Waals surface area contributed by atoms with Gasteiger partial charge in [0.05, 0.1) is 11.1 Å². The molecule has 1 unspecified atom stereocenters. The van der Waals surface area contributed by atoms with E-state index >= 15 is 0 Å². The van der Waals surface area contributed by atoms with Crippen LogP contribution in [-0.4, -0.2) is 11.2 Å². The van der Waals surface area contributed by atoms with Crippen LogP contribution in [0.5, 0.6) is 5.75 Å². The maximum Gasteiger partial charge on any atom is 0.173 e. The minimum Gasteiger partial charge on any atom is -0.470 e. The topological polar surface area (TPSA) is 25.4 Å². The van der Waals surface area contributed by atoms with Crippen LogP contribution in [0.2, 0.25) is 0 Å². The average molecular weight is 268 g/mol. The summed E-state index contributed by atoms with van der Waals surface area (Å²) in [7, 11) is 0. The van der Waals surface area contributed by atoms with E-state index in [1.807, 2.05) is 36.7 Å². The van der Waals surface area contributed by atoms with E-state index in [-0.39, 0.29) is 6.23 Å². The highest BCUT2D eigenvalue weighted by Crippen LogP contribution is 2.46. The predicted molar refractivity (Wildman–Crippen MR) is 78.3 cm³/mol. The molecule has 1 aromatic carbocycles. The zero-order valence-corrected chi connectivity index (χ0v) is 11.2. The average Bonchev–Trinajstić information content (AvgIpc) is 2.86. The summed E-state index contributed by atoms with van der Waals surface area (Å²) in [6, 6.07) is 10.2. The van der Waals surface area contributed by atoms with E-state index in [1.165, 1.54) is 15.8 Å². The molecular weight excluding hydrogens is 256 g/mol. The summed E-state index contributed by atoms with van der Waals surface area (Å²) in [5.74, 6) is 0.978. The van der Waals surface area contributed by atoms with Crippen LogP contribution in [0.25, 0.3) is 10.1 Å². The second kappa shape index (κ2) is 3.96. The summed E-state index contributed by atoms with van der Waals surface area (Å²) < 4.78 is 7.30. The smallest absolute Gasteiger partial charge is 0.173 e. The van der Waals surface area contributed by atoms with Crippen LogP contribution in [-0.2, 0) is 0 Å². The highest BCUT2D eigenvalue weighted by molar-refractivity contribution is 7.17. The number of hydrogen-bond donors (Lipinski definition) is 0. The van der Waals surface area contributed by atoms with Crippen molar-refractivity contribution in [3.8, 4) is 5.75 Å². The molecule has 0 spiro atoms. The van der Waals surface area contributed by atoms with E-state index in [0.717, 1.165) is 11.4 Å². The Kier molecular flexibility index (Phi) is 2.26. The van der Waals surface area contributed by atoms with Crippen LogP contribution < -0.4 is 9.64 Å². The van der Waals surface area contributed by atoms with Gasteiger partial charge in [0.15, 0.2) is 6.23 Å². The first-order chi connectivity index (χ1) is 9.34. The monoisotopic (exact) mass is 268 g/mol. The van der Waals surface area contributed by atoms with Gasteiger partial charge >= 0.3 is 0 Å². The van der Waals surface area contributed by atoms with Crippen molar-refractivity contribution in [2.24, 2.45) is 0 Å². The van der Waals surface area contributed by atoms with Gasteiger partial charge in [-0.15, -0.1) is 11.3 Å². The van der Waals surface area contributed by atoms with E-state index in [9.17, 15) is 0 Å². The lowest BCUT2D eigenvalue weighted by molar-refractivity contribution is 0.225. The fourth-order valence-electron chi connectivity index (χ4n) is 2.60. The van der Waals surface area contributed by atoms with Gasteiger partial charge in [-0.25, -0.2) is 0 Å². The molecule has 3 heterocycles. The lowest BCUT2D eigenvalue weighted by atomic mass is 10.1. The van der Waals surface area contributed by atoms with Gasteiger partial charge in [0.2, 0.25) is 0 Å². The van der Waals surface area contributed by atoms with Gasteiger partial charge in [-0.2, -0.15) is 0 Å². The van der Waals surface area contributed by atoms with E-state index < -0.39 is 0 Å². The van der Waals surface area contributed by atoms with Crippen molar-refractivity contribution in [3.05, 3.63) is 48.1 Å². The lowest BCUT2D eigenvalue weighted by Crippen LogP contribution is -2.35. The molecule has 1 atom stereocenters. The quantitative estimate of drug-likeness (QED) is 0.662. The van der Waals surface area contributed by atoms with Crippen molar-refractivity contribution in [1.29, 1.82) is 0 Å². The first-order valence-electron chi connectivity index (χ1n) is 6.21. The number of nitrogens with zero attached hydrogens (tertiary/aromatic N) is 2. The van der Waals surface area contributed by atoms with Crippen molar-refractivity contribution in [1.82, 2.24) is 4.98 Å². The van der Waals surface area contributed by atoms with Crippen LogP contribution in [0.4, 0.5) is 11.4 Å². The van der Waals surface area contributed by atoms with Crippen LogP contribution in [0.3, 0.4) is 0 Å². The molecule has 3 aromatic rings. The summed E-state index contributed by atoms with van der Waals surface area (Å²) >= 11 is 1.76. The van der Waals surface area contributed by atoms with E-state index in [2.05, 4.69) is 28.3 Å². The Balaban J connectivity index is 1.97. The van der Waals surface area contributed by atoms with Crippen LogP contribution in [0.15, 0.2) is 48.1 Å². The van der Waals surface area contributed by atoms with Crippen LogP contribution >= 0.6 is 11.3 Å². The number of ether oxygens (including phenoxy) is 1. The van der Waals surface area contributed by atoms with Gasteiger partial charge in [0.25, 0.3) is 0 Å². The van der Waals surface area contributed by atoms with Gasteiger partial charge in [-0.05, 0) is 31.2 Å². The summed E-state index contributed by atoms with van der Waals surface area (Å²) in [5, 5.41) is 3.41. The number of pyridine rings is 1. The molecule has 1 aliphatic rings. The fraction of sp³-hybridized carbons (Fsp3) is 0.133. The van der Waals surface area contributed by atoms with Crippen molar-refractivity contribution in [2.75, 3.05) is 4.90 Å². The third-order valence-corrected chi connectivity index (χ3v) is 4.34. The second-order valence-corrected chi connectivity index (χ2v) is 5.45. The highest BCUT2D eigenvalue weighted by atomic mass is 32.1. The predicted octanol–water partition coefficient (Wildman–Crippen LogP) is 4.17. The van der Waals surface area contributed by atoms with Gasteiger partial charge in [-0.1, -0.05) is 6.07 Å². The molecule has 0 N–H and O–H groups in total. The lowest BCUT2D eigenvalue weighted by Gasteiger charge is -2.35. The first kappa shape index (κ1) is 10.8. The molecule has 1 aliphatic heterocycles. The Labute approximate surface area is 115 Å². The van der Waals surface area contributed by atoms with E-state index in [1.54, 1.807) is 11.3 Å². The summed E-state index contributed by atoms with van der Waals surface area (Å²) in [6.45, 7) is 2.07. The molecule has 4 heteroatoms. The molecule has 0 amide bonds. The molecule has 0 saturated carbocycles. The minimum atomic E-state index is -0.0184. The number of rotatable bonds is 1. The fourth-order valence-corrected chi connectivity index (χ4v) is 3.55. The van der Waals surface area contributed by atoms with Gasteiger partial charge in [0.1, 0.15) is 5.75 Å². The third kappa shape index (κ3) is 1.53. The summed E-state index contributed by atoms with van der Waals surface area (Å²) in [6.07, 6.45) is 3.60. The molecule has 0 aliphatic carbocycles. The summed E-state index contributed by atoms with van der Waals surface area (Å²) in [4.78, 5) is 6.30. The van der Waals surface area contributed by atoms with Crippen LogP contribution in [0.1, 0.15) is 6.92 Å². The third-order valence-electron chi connectivity index (χ3n) is 3.40. The molecule has 3 nitrogen and oxygen atoms in total. The Morgan fingerprint density at radius 1 is 1.21 bits per heavy atom.